The zero-order chi connectivity index (χ0) is 11.7. The highest BCUT2D eigenvalue weighted by molar-refractivity contribution is 5.45. The van der Waals surface area contributed by atoms with E-state index in [1.807, 2.05) is 14.1 Å². The van der Waals surface area contributed by atoms with Crippen molar-refractivity contribution >= 4 is 11.5 Å². The van der Waals surface area contributed by atoms with E-state index in [0.717, 1.165) is 18.9 Å². The van der Waals surface area contributed by atoms with Crippen molar-refractivity contribution < 1.29 is 4.92 Å². The number of aromatic nitrogens is 1. The largest absolute Gasteiger partial charge is 0.353 e. The third-order valence-corrected chi connectivity index (χ3v) is 2.86. The monoisotopic (exact) mass is 222 g/mol. The zero-order valence-electron chi connectivity index (χ0n) is 9.33. The molecule has 1 aromatic heterocycles. The van der Waals surface area contributed by atoms with Gasteiger partial charge in [-0.15, -0.1) is 0 Å². The first-order valence-corrected chi connectivity index (χ1v) is 5.10. The van der Waals surface area contributed by atoms with Crippen molar-refractivity contribution in [2.24, 2.45) is 0 Å². The van der Waals surface area contributed by atoms with E-state index in [1.54, 1.807) is 6.07 Å². The minimum absolute atomic E-state index is 0.0356. The lowest BCUT2D eigenvalue weighted by molar-refractivity contribution is -0.385. The summed E-state index contributed by atoms with van der Waals surface area (Å²) in [6.45, 7) is 1.86. The Hall–Kier alpha value is -1.69. The van der Waals surface area contributed by atoms with Crippen molar-refractivity contribution in [1.29, 1.82) is 0 Å². The molecule has 0 saturated carbocycles. The van der Waals surface area contributed by atoms with Gasteiger partial charge in [-0.2, -0.15) is 0 Å². The molecule has 86 valence electrons. The summed E-state index contributed by atoms with van der Waals surface area (Å²) in [6.07, 6.45) is 1.30. The van der Waals surface area contributed by atoms with Gasteiger partial charge in [-0.1, -0.05) is 0 Å². The summed E-state index contributed by atoms with van der Waals surface area (Å²) >= 11 is 0. The number of nitro groups is 1. The molecule has 6 nitrogen and oxygen atoms in total. The Morgan fingerprint density at radius 2 is 2.19 bits per heavy atom. The Morgan fingerprint density at radius 3 is 2.62 bits per heavy atom. The van der Waals surface area contributed by atoms with Crippen LogP contribution in [0.1, 0.15) is 0 Å². The number of rotatable bonds is 3. The fourth-order valence-electron chi connectivity index (χ4n) is 1.64. The molecule has 0 amide bonds. The average Bonchev–Trinajstić information content (AvgIpc) is 2.15. The third-order valence-electron chi connectivity index (χ3n) is 2.86. The second kappa shape index (κ2) is 4.05. The van der Waals surface area contributed by atoms with E-state index < -0.39 is 4.92 Å². The maximum atomic E-state index is 10.5. The summed E-state index contributed by atoms with van der Waals surface area (Å²) in [5.41, 5.74) is 0.0356. The van der Waals surface area contributed by atoms with E-state index in [1.165, 1.54) is 12.3 Å². The molecule has 1 aliphatic heterocycles. The average molecular weight is 222 g/mol. The Labute approximate surface area is 93.6 Å². The Kier molecular flexibility index (Phi) is 2.74. The fraction of sp³-hybridized carbons (Fsp3) is 0.500. The van der Waals surface area contributed by atoms with Gasteiger partial charge in [0.05, 0.1) is 4.92 Å². The summed E-state index contributed by atoms with van der Waals surface area (Å²) in [6, 6.07) is 3.74. The van der Waals surface area contributed by atoms with Crippen LogP contribution >= 0.6 is 0 Å². The fourth-order valence-corrected chi connectivity index (χ4v) is 1.64. The highest BCUT2D eigenvalue weighted by atomic mass is 16.6. The van der Waals surface area contributed by atoms with E-state index >= 15 is 0 Å². The lowest BCUT2D eigenvalue weighted by Gasteiger charge is -2.43. The molecule has 1 saturated heterocycles. The molecule has 2 rings (SSSR count). The molecular weight excluding hydrogens is 208 g/mol. The number of nitrogens with zero attached hydrogens (tertiary/aromatic N) is 4. The maximum Gasteiger partial charge on any atom is 0.287 e. The van der Waals surface area contributed by atoms with Gasteiger partial charge in [0.1, 0.15) is 12.0 Å². The van der Waals surface area contributed by atoms with Gasteiger partial charge in [-0.3, -0.25) is 10.1 Å². The number of hydrogen-bond acceptors (Lipinski definition) is 5. The standard InChI is InChI=1S/C10H14N4O2/c1-12(2)9-6-13(7-9)10-4-3-8(5-11-10)14(15)16/h3-5,9H,6-7H2,1-2H3. The molecular formula is C10H14N4O2. The van der Waals surface area contributed by atoms with Crippen LogP contribution in [0, 0.1) is 10.1 Å². The molecule has 0 unspecified atom stereocenters. The van der Waals surface area contributed by atoms with E-state index in [-0.39, 0.29) is 5.69 Å². The van der Waals surface area contributed by atoms with Crippen molar-refractivity contribution in [3.05, 3.63) is 28.4 Å². The summed E-state index contributed by atoms with van der Waals surface area (Å²) in [7, 11) is 4.09. The molecule has 0 N–H and O–H groups in total. The molecule has 0 bridgehead atoms. The van der Waals surface area contributed by atoms with Gasteiger partial charge < -0.3 is 9.80 Å². The number of anilines is 1. The molecule has 0 spiro atoms. The van der Waals surface area contributed by atoms with E-state index in [4.69, 9.17) is 0 Å². The number of pyridine rings is 1. The second-order valence-electron chi connectivity index (χ2n) is 4.15. The SMILES string of the molecule is CN(C)C1CN(c2ccc([N+](=O)[O-])cn2)C1. The summed E-state index contributed by atoms with van der Waals surface area (Å²) in [5.74, 6) is 0.809. The Morgan fingerprint density at radius 1 is 1.50 bits per heavy atom. The lowest BCUT2D eigenvalue weighted by Crippen LogP contribution is -2.57. The summed E-state index contributed by atoms with van der Waals surface area (Å²) in [4.78, 5) is 18.4. The van der Waals surface area contributed by atoms with E-state index in [0.29, 0.717) is 6.04 Å². The van der Waals surface area contributed by atoms with Crippen molar-refractivity contribution in [2.45, 2.75) is 6.04 Å². The van der Waals surface area contributed by atoms with Gasteiger partial charge in [0.25, 0.3) is 5.69 Å². The van der Waals surface area contributed by atoms with Crippen molar-refractivity contribution in [1.82, 2.24) is 9.88 Å². The van der Waals surface area contributed by atoms with Crippen LogP contribution in [-0.2, 0) is 0 Å². The van der Waals surface area contributed by atoms with E-state index in [2.05, 4.69) is 14.8 Å². The molecule has 1 fully saturated rings. The predicted molar refractivity (Wildman–Crippen MR) is 60.6 cm³/mol. The van der Waals surface area contributed by atoms with Gasteiger partial charge in [-0.25, -0.2) is 4.98 Å². The van der Waals surface area contributed by atoms with Gasteiger partial charge in [-0.05, 0) is 20.2 Å². The minimum atomic E-state index is -0.435. The van der Waals surface area contributed by atoms with Crippen molar-refractivity contribution in [3.8, 4) is 0 Å². The quantitative estimate of drug-likeness (QED) is 0.557. The molecule has 0 aromatic carbocycles. The minimum Gasteiger partial charge on any atom is -0.353 e. The smallest absolute Gasteiger partial charge is 0.287 e. The Balaban J connectivity index is 1.99. The van der Waals surface area contributed by atoms with Gasteiger partial charge >= 0.3 is 0 Å². The molecule has 2 heterocycles. The molecule has 16 heavy (non-hydrogen) atoms. The van der Waals surface area contributed by atoms with Gasteiger partial charge in [0.2, 0.25) is 0 Å². The number of hydrogen-bond donors (Lipinski definition) is 0. The van der Waals surface area contributed by atoms with Crippen LogP contribution < -0.4 is 4.90 Å². The summed E-state index contributed by atoms with van der Waals surface area (Å²) in [5, 5.41) is 10.5. The van der Waals surface area contributed by atoms with Gasteiger partial charge in [0.15, 0.2) is 0 Å². The molecule has 6 heteroatoms. The topological polar surface area (TPSA) is 62.5 Å². The Bertz CT molecular complexity index is 384. The molecule has 0 atom stereocenters. The van der Waals surface area contributed by atoms with Gasteiger partial charge in [0, 0.05) is 25.2 Å². The predicted octanol–water partition coefficient (Wildman–Crippen LogP) is 0.740. The highest BCUT2D eigenvalue weighted by Crippen LogP contribution is 2.22. The normalized spacial score (nSPS) is 16.3. The number of likely N-dealkylation sites (N-methyl/N-ethyl adjacent to an activating group) is 1. The zero-order valence-corrected chi connectivity index (χ0v) is 9.33. The molecule has 0 aliphatic carbocycles. The maximum absolute atomic E-state index is 10.5. The first-order chi connectivity index (χ1) is 7.58. The highest BCUT2D eigenvalue weighted by Gasteiger charge is 2.29. The lowest BCUT2D eigenvalue weighted by atomic mass is 10.1. The van der Waals surface area contributed by atoms with Crippen LogP contribution in [0.25, 0.3) is 0 Å². The molecule has 0 radical (unpaired) electrons. The van der Waals surface area contributed by atoms with Crippen LogP contribution in [-0.4, -0.2) is 48.0 Å². The van der Waals surface area contributed by atoms with Crippen LogP contribution in [0.5, 0.6) is 0 Å². The summed E-state index contributed by atoms with van der Waals surface area (Å²) < 4.78 is 0. The molecule has 1 aliphatic rings. The first-order valence-electron chi connectivity index (χ1n) is 5.10. The van der Waals surface area contributed by atoms with Crippen LogP contribution in [0.2, 0.25) is 0 Å². The second-order valence-corrected chi connectivity index (χ2v) is 4.15. The van der Waals surface area contributed by atoms with Crippen LogP contribution in [0.3, 0.4) is 0 Å². The van der Waals surface area contributed by atoms with Crippen molar-refractivity contribution in [3.63, 3.8) is 0 Å². The van der Waals surface area contributed by atoms with Crippen LogP contribution in [0.15, 0.2) is 18.3 Å². The third kappa shape index (κ3) is 1.96. The van der Waals surface area contributed by atoms with E-state index in [9.17, 15) is 10.1 Å². The molecule has 1 aromatic rings. The van der Waals surface area contributed by atoms with Crippen molar-refractivity contribution in [2.75, 3.05) is 32.1 Å². The first kappa shape index (κ1) is 10.8. The van der Waals surface area contributed by atoms with Crippen LogP contribution in [0.4, 0.5) is 11.5 Å².